The van der Waals surface area contributed by atoms with Gasteiger partial charge in [0.1, 0.15) is 17.9 Å². The molecule has 2 aromatic carbocycles. The summed E-state index contributed by atoms with van der Waals surface area (Å²) in [7, 11) is 0. The number of carbonyl (C=O) groups is 1. The Hall–Kier alpha value is -4.38. The monoisotopic (exact) mass is 481 g/mol. The third-order valence-corrected chi connectivity index (χ3v) is 6.35. The van der Waals surface area contributed by atoms with Crippen LogP contribution in [0.2, 0.25) is 0 Å². The number of ether oxygens (including phenoxy) is 2. The van der Waals surface area contributed by atoms with Gasteiger partial charge >= 0.3 is 6.09 Å². The molecule has 0 spiro atoms. The maximum atomic E-state index is 12.2. The molecule has 1 N–H and O–H groups in total. The minimum Gasteiger partial charge on any atom is -0.446 e. The maximum Gasteiger partial charge on any atom is 0.411 e. The molecule has 1 atom stereocenters. The average molecular weight is 482 g/mol. The topological polar surface area (TPSA) is 102 Å². The van der Waals surface area contributed by atoms with Crippen LogP contribution in [0.5, 0.6) is 11.6 Å². The highest BCUT2D eigenvalue weighted by molar-refractivity contribution is 5.96. The minimum absolute atomic E-state index is 0.0768. The number of hydrogen-bond donors (Lipinski definition) is 1. The smallest absolute Gasteiger partial charge is 0.411 e. The third-order valence-electron chi connectivity index (χ3n) is 6.35. The van der Waals surface area contributed by atoms with Gasteiger partial charge in [0, 0.05) is 35.6 Å². The SMILES string of the molecule is CC(C)n1c(-c2ccc(NC(=O)O[C@H](C)C3CC3)cc2)c(C#N)c2ccc(Oc3cnccn3)cc21. The van der Waals surface area contributed by atoms with Crippen LogP contribution in [0.15, 0.2) is 61.1 Å². The third kappa shape index (κ3) is 4.73. The van der Waals surface area contributed by atoms with E-state index in [4.69, 9.17) is 9.47 Å². The summed E-state index contributed by atoms with van der Waals surface area (Å²) < 4.78 is 13.5. The van der Waals surface area contributed by atoms with Crippen molar-refractivity contribution in [2.75, 3.05) is 5.32 Å². The summed E-state index contributed by atoms with van der Waals surface area (Å²) >= 11 is 0. The van der Waals surface area contributed by atoms with Gasteiger partial charge in [0.25, 0.3) is 0 Å². The van der Waals surface area contributed by atoms with Gasteiger partial charge in [0.2, 0.25) is 5.88 Å². The van der Waals surface area contributed by atoms with Gasteiger partial charge in [-0.05, 0) is 69.4 Å². The lowest BCUT2D eigenvalue weighted by atomic mass is 10.1. The largest absolute Gasteiger partial charge is 0.446 e. The number of nitriles is 1. The Morgan fingerprint density at radius 2 is 1.92 bits per heavy atom. The fourth-order valence-corrected chi connectivity index (χ4v) is 4.44. The number of carbonyl (C=O) groups excluding carboxylic acids is 1. The number of anilines is 1. The van der Waals surface area contributed by atoms with Crippen molar-refractivity contribution in [2.24, 2.45) is 5.92 Å². The molecule has 8 heteroatoms. The number of benzene rings is 2. The summed E-state index contributed by atoms with van der Waals surface area (Å²) in [5.41, 5.74) is 3.80. The van der Waals surface area contributed by atoms with Gasteiger partial charge in [0.15, 0.2) is 0 Å². The van der Waals surface area contributed by atoms with Crippen molar-refractivity contribution < 1.29 is 14.3 Å². The number of rotatable bonds is 7. The van der Waals surface area contributed by atoms with E-state index in [1.54, 1.807) is 18.6 Å². The predicted octanol–water partition coefficient (Wildman–Crippen LogP) is 6.69. The van der Waals surface area contributed by atoms with Crippen molar-refractivity contribution in [3.05, 3.63) is 66.6 Å². The summed E-state index contributed by atoms with van der Waals surface area (Å²) in [6.45, 7) is 6.08. The zero-order valence-corrected chi connectivity index (χ0v) is 20.4. The van der Waals surface area contributed by atoms with Crippen LogP contribution in [-0.4, -0.2) is 26.7 Å². The van der Waals surface area contributed by atoms with E-state index in [1.807, 2.05) is 49.4 Å². The highest BCUT2D eigenvalue weighted by Gasteiger charge is 2.30. The van der Waals surface area contributed by atoms with Gasteiger partial charge in [-0.25, -0.2) is 9.78 Å². The summed E-state index contributed by atoms with van der Waals surface area (Å²) in [5, 5.41) is 13.7. The Labute approximate surface area is 209 Å². The molecule has 5 rings (SSSR count). The normalized spacial score (nSPS) is 13.9. The van der Waals surface area contributed by atoms with E-state index in [0.717, 1.165) is 35.0 Å². The molecule has 0 bridgehead atoms. The van der Waals surface area contributed by atoms with Crippen LogP contribution in [0, 0.1) is 17.2 Å². The number of amides is 1. The highest BCUT2D eigenvalue weighted by Crippen LogP contribution is 2.38. The molecular formula is C28H27N5O3. The molecule has 182 valence electrons. The van der Waals surface area contributed by atoms with Gasteiger partial charge in [-0.3, -0.25) is 10.3 Å². The van der Waals surface area contributed by atoms with Crippen molar-refractivity contribution >= 4 is 22.7 Å². The Balaban J connectivity index is 1.47. The van der Waals surface area contributed by atoms with Gasteiger partial charge in [0.05, 0.1) is 23.0 Å². The molecule has 1 amide bonds. The van der Waals surface area contributed by atoms with Crippen LogP contribution in [0.4, 0.5) is 10.5 Å². The van der Waals surface area contributed by atoms with Gasteiger partial charge in [-0.15, -0.1) is 0 Å². The average Bonchev–Trinajstić information content (AvgIpc) is 3.67. The second-order valence-corrected chi connectivity index (χ2v) is 9.27. The predicted molar refractivity (Wildman–Crippen MR) is 137 cm³/mol. The molecule has 0 radical (unpaired) electrons. The van der Waals surface area contributed by atoms with Gasteiger partial charge < -0.3 is 14.0 Å². The summed E-state index contributed by atoms with van der Waals surface area (Å²) in [5.74, 6) is 1.48. The van der Waals surface area contributed by atoms with E-state index >= 15 is 0 Å². The van der Waals surface area contributed by atoms with Crippen LogP contribution in [0.1, 0.15) is 45.2 Å². The molecule has 1 aliphatic carbocycles. The van der Waals surface area contributed by atoms with Gasteiger partial charge in [-0.2, -0.15) is 5.26 Å². The molecule has 36 heavy (non-hydrogen) atoms. The van der Waals surface area contributed by atoms with Crippen molar-refractivity contribution in [3.63, 3.8) is 0 Å². The molecule has 2 aromatic heterocycles. The molecule has 2 heterocycles. The fourth-order valence-electron chi connectivity index (χ4n) is 4.44. The zero-order valence-electron chi connectivity index (χ0n) is 20.4. The Bertz CT molecular complexity index is 1430. The number of hydrogen-bond acceptors (Lipinski definition) is 6. The minimum atomic E-state index is -0.452. The summed E-state index contributed by atoms with van der Waals surface area (Å²) in [4.78, 5) is 20.4. The van der Waals surface area contributed by atoms with Crippen molar-refractivity contribution in [3.8, 4) is 29.0 Å². The van der Waals surface area contributed by atoms with E-state index in [9.17, 15) is 10.1 Å². The molecule has 1 fully saturated rings. The molecule has 4 aromatic rings. The van der Waals surface area contributed by atoms with Crippen molar-refractivity contribution in [1.29, 1.82) is 5.26 Å². The Kier molecular flexibility index (Phi) is 6.30. The standard InChI is InChI=1S/C28H27N5O3/c1-17(2)33-25-14-22(36-26-16-30-12-13-31-26)10-11-23(25)24(15-29)27(33)20-6-8-21(9-7-20)32-28(34)35-18(3)19-4-5-19/h6-14,16-19H,4-5H2,1-3H3,(H,32,34)/t18-/m1/s1. The van der Waals surface area contributed by atoms with Crippen LogP contribution in [-0.2, 0) is 4.74 Å². The molecule has 0 saturated heterocycles. The Morgan fingerprint density at radius 3 is 2.56 bits per heavy atom. The second-order valence-electron chi connectivity index (χ2n) is 9.27. The first-order valence-electron chi connectivity index (χ1n) is 12.0. The van der Waals surface area contributed by atoms with Crippen LogP contribution < -0.4 is 10.1 Å². The molecule has 1 saturated carbocycles. The first-order chi connectivity index (χ1) is 17.4. The maximum absolute atomic E-state index is 12.2. The molecule has 0 aliphatic heterocycles. The highest BCUT2D eigenvalue weighted by atomic mass is 16.6. The summed E-state index contributed by atoms with van der Waals surface area (Å²) in [6.07, 6.45) is 6.41. The van der Waals surface area contributed by atoms with E-state index in [2.05, 4.69) is 39.8 Å². The molecule has 1 aliphatic rings. The number of nitrogens with zero attached hydrogens (tertiary/aromatic N) is 4. The number of nitrogens with one attached hydrogen (secondary N) is 1. The molecule has 0 unspecified atom stereocenters. The second kappa shape index (κ2) is 9.70. The summed E-state index contributed by atoms with van der Waals surface area (Å²) in [6, 6.07) is 15.6. The molecular weight excluding hydrogens is 454 g/mol. The van der Waals surface area contributed by atoms with E-state index in [1.165, 1.54) is 0 Å². The van der Waals surface area contributed by atoms with Crippen molar-refractivity contribution in [1.82, 2.24) is 14.5 Å². The molecule has 8 nitrogen and oxygen atoms in total. The van der Waals surface area contributed by atoms with Crippen LogP contribution in [0.25, 0.3) is 22.2 Å². The van der Waals surface area contributed by atoms with Crippen LogP contribution in [0.3, 0.4) is 0 Å². The van der Waals surface area contributed by atoms with Gasteiger partial charge in [-0.1, -0.05) is 12.1 Å². The fraction of sp³-hybridized carbons (Fsp3) is 0.286. The van der Waals surface area contributed by atoms with E-state index < -0.39 is 6.09 Å². The number of aromatic nitrogens is 3. The van der Waals surface area contributed by atoms with Crippen LogP contribution >= 0.6 is 0 Å². The van der Waals surface area contributed by atoms with E-state index in [-0.39, 0.29) is 12.1 Å². The van der Waals surface area contributed by atoms with Crippen molar-refractivity contribution in [2.45, 2.75) is 45.8 Å². The zero-order chi connectivity index (χ0) is 25.2. The first kappa shape index (κ1) is 23.4. The Morgan fingerprint density at radius 1 is 1.14 bits per heavy atom. The lowest BCUT2D eigenvalue weighted by Crippen LogP contribution is -2.21. The lowest BCUT2D eigenvalue weighted by molar-refractivity contribution is 0.108. The number of fused-ring (bicyclic) bond motifs is 1. The van der Waals surface area contributed by atoms with E-state index in [0.29, 0.717) is 28.8 Å². The first-order valence-corrected chi connectivity index (χ1v) is 12.0. The lowest BCUT2D eigenvalue weighted by Gasteiger charge is -2.16. The quantitative estimate of drug-likeness (QED) is 0.315.